The molecule has 0 radical (unpaired) electrons. The van der Waals surface area contributed by atoms with Gasteiger partial charge in [0, 0.05) is 24.4 Å². The van der Waals surface area contributed by atoms with Crippen molar-refractivity contribution in [3.8, 4) is 11.5 Å². The summed E-state index contributed by atoms with van der Waals surface area (Å²) in [5, 5.41) is 3.46. The fraction of sp³-hybridized carbons (Fsp3) is 0.412. The number of thiazole rings is 1. The smallest absolute Gasteiger partial charge is 0.264 e. The molecular weight excluding hydrogens is 326 g/mol. The number of likely N-dealkylation sites (N-methyl/N-ethyl adjacent to an activating group) is 1. The number of hydrogen-bond donors (Lipinski definition) is 1. The number of carbonyl (C=O) groups excluding carboxylic acids is 1. The highest BCUT2D eigenvalue weighted by Crippen LogP contribution is 2.29. The molecule has 1 N–H and O–H groups in total. The van der Waals surface area contributed by atoms with E-state index in [1.54, 1.807) is 13.2 Å². The highest BCUT2D eigenvalue weighted by atomic mass is 32.1. The van der Waals surface area contributed by atoms with Crippen molar-refractivity contribution in [2.45, 2.75) is 19.9 Å². The molecule has 1 aliphatic rings. The van der Waals surface area contributed by atoms with Gasteiger partial charge < -0.3 is 14.4 Å². The van der Waals surface area contributed by atoms with Crippen LogP contribution in [-0.2, 0) is 17.8 Å². The van der Waals surface area contributed by atoms with Crippen LogP contribution in [-0.4, -0.2) is 43.1 Å². The molecule has 6 nitrogen and oxygen atoms in total. The lowest BCUT2D eigenvalue weighted by atomic mass is 10.2. The van der Waals surface area contributed by atoms with Crippen LogP contribution in [0, 0.1) is 6.92 Å². The minimum Gasteiger partial charge on any atom is -0.493 e. The van der Waals surface area contributed by atoms with Gasteiger partial charge in [-0.2, -0.15) is 0 Å². The van der Waals surface area contributed by atoms with E-state index in [0.29, 0.717) is 16.6 Å². The van der Waals surface area contributed by atoms with Gasteiger partial charge in [0.2, 0.25) is 0 Å². The molecule has 7 heteroatoms. The molecule has 1 aromatic heterocycles. The van der Waals surface area contributed by atoms with E-state index in [1.165, 1.54) is 16.2 Å². The normalized spacial score (nSPS) is 14.1. The highest BCUT2D eigenvalue weighted by molar-refractivity contribution is 7.15. The van der Waals surface area contributed by atoms with Gasteiger partial charge in [0.25, 0.3) is 5.91 Å². The van der Waals surface area contributed by atoms with Crippen molar-refractivity contribution in [3.63, 3.8) is 0 Å². The number of anilines is 1. The van der Waals surface area contributed by atoms with Crippen molar-refractivity contribution in [3.05, 3.63) is 34.3 Å². The van der Waals surface area contributed by atoms with Gasteiger partial charge >= 0.3 is 0 Å². The predicted octanol–water partition coefficient (Wildman–Crippen LogP) is 2.47. The van der Waals surface area contributed by atoms with E-state index in [-0.39, 0.29) is 12.5 Å². The standard InChI is InChI=1S/C17H21N3O3S/c1-11-4-5-13(14(8-11)22-3)23-10-16(21)19-17-18-12-6-7-20(2)9-15(12)24-17/h4-5,8H,6-7,9-10H2,1-3H3,(H,18,19,21). The van der Waals surface area contributed by atoms with Crippen LogP contribution in [0.5, 0.6) is 11.5 Å². The van der Waals surface area contributed by atoms with Gasteiger partial charge in [-0.15, -0.1) is 11.3 Å². The molecule has 0 spiro atoms. The van der Waals surface area contributed by atoms with E-state index in [2.05, 4.69) is 22.2 Å². The minimum absolute atomic E-state index is 0.0798. The number of carbonyl (C=O) groups is 1. The molecule has 0 saturated carbocycles. The third-order valence-corrected chi connectivity index (χ3v) is 4.84. The monoisotopic (exact) mass is 347 g/mol. The first-order valence-electron chi connectivity index (χ1n) is 7.79. The average molecular weight is 347 g/mol. The van der Waals surface area contributed by atoms with E-state index < -0.39 is 0 Å². The molecule has 0 aliphatic carbocycles. The minimum atomic E-state index is -0.225. The second kappa shape index (κ2) is 7.19. The molecule has 0 unspecified atom stereocenters. The van der Waals surface area contributed by atoms with E-state index in [4.69, 9.17) is 9.47 Å². The number of hydrogen-bond acceptors (Lipinski definition) is 6. The van der Waals surface area contributed by atoms with E-state index in [0.717, 1.165) is 30.8 Å². The number of amides is 1. The Balaban J connectivity index is 1.58. The van der Waals surface area contributed by atoms with Gasteiger partial charge in [-0.1, -0.05) is 6.07 Å². The molecule has 3 rings (SSSR count). The topological polar surface area (TPSA) is 63.7 Å². The van der Waals surface area contributed by atoms with Gasteiger partial charge in [-0.25, -0.2) is 4.98 Å². The zero-order valence-electron chi connectivity index (χ0n) is 14.1. The second-order valence-electron chi connectivity index (χ2n) is 5.87. The van der Waals surface area contributed by atoms with Gasteiger partial charge in [0.05, 0.1) is 12.8 Å². The largest absolute Gasteiger partial charge is 0.493 e. The van der Waals surface area contributed by atoms with E-state index >= 15 is 0 Å². The van der Waals surface area contributed by atoms with Crippen LogP contribution >= 0.6 is 11.3 Å². The number of ether oxygens (including phenoxy) is 2. The number of fused-ring (bicyclic) bond motifs is 1. The van der Waals surface area contributed by atoms with Crippen LogP contribution in [0.25, 0.3) is 0 Å². The maximum atomic E-state index is 12.1. The molecule has 0 saturated heterocycles. The summed E-state index contributed by atoms with van der Waals surface area (Å²) in [5.41, 5.74) is 2.16. The van der Waals surface area contributed by atoms with Crippen molar-refractivity contribution in [1.82, 2.24) is 9.88 Å². The van der Waals surface area contributed by atoms with E-state index in [9.17, 15) is 4.79 Å². The summed E-state index contributed by atoms with van der Waals surface area (Å²) in [6.45, 7) is 3.78. The lowest BCUT2D eigenvalue weighted by Crippen LogP contribution is -2.25. The van der Waals surface area contributed by atoms with Crippen molar-refractivity contribution in [2.24, 2.45) is 0 Å². The van der Waals surface area contributed by atoms with Gasteiger partial charge in [-0.3, -0.25) is 10.1 Å². The van der Waals surface area contributed by atoms with Gasteiger partial charge in [0.15, 0.2) is 23.2 Å². The maximum absolute atomic E-state index is 12.1. The molecule has 128 valence electrons. The third-order valence-electron chi connectivity index (χ3n) is 3.85. The fourth-order valence-electron chi connectivity index (χ4n) is 2.57. The fourth-order valence-corrected chi connectivity index (χ4v) is 3.67. The molecule has 1 aliphatic heterocycles. The van der Waals surface area contributed by atoms with Crippen LogP contribution in [0.4, 0.5) is 5.13 Å². The summed E-state index contributed by atoms with van der Waals surface area (Å²) in [4.78, 5) is 20.1. The first-order chi connectivity index (χ1) is 11.5. The number of benzene rings is 1. The molecule has 0 bridgehead atoms. The maximum Gasteiger partial charge on any atom is 0.264 e. The van der Waals surface area contributed by atoms with Crippen LogP contribution in [0.1, 0.15) is 16.1 Å². The molecule has 0 atom stereocenters. The van der Waals surface area contributed by atoms with Crippen molar-refractivity contribution in [1.29, 1.82) is 0 Å². The first kappa shape index (κ1) is 16.7. The number of aromatic nitrogens is 1. The second-order valence-corrected chi connectivity index (χ2v) is 6.95. The Bertz CT molecular complexity index is 745. The van der Waals surface area contributed by atoms with Crippen LogP contribution in [0.2, 0.25) is 0 Å². The summed E-state index contributed by atoms with van der Waals surface area (Å²) in [6.07, 6.45) is 0.926. The Morgan fingerprint density at radius 1 is 1.42 bits per heavy atom. The zero-order valence-corrected chi connectivity index (χ0v) is 14.9. The van der Waals surface area contributed by atoms with Gasteiger partial charge in [-0.05, 0) is 31.7 Å². The van der Waals surface area contributed by atoms with Crippen LogP contribution in [0.3, 0.4) is 0 Å². The molecule has 1 amide bonds. The number of methoxy groups -OCH3 is 1. The Labute approximate surface area is 145 Å². The Morgan fingerprint density at radius 2 is 2.25 bits per heavy atom. The van der Waals surface area contributed by atoms with E-state index in [1.807, 2.05) is 19.1 Å². The Kier molecular flexibility index (Phi) is 5.01. The van der Waals surface area contributed by atoms with Crippen molar-refractivity contribution in [2.75, 3.05) is 32.6 Å². The van der Waals surface area contributed by atoms with Crippen molar-refractivity contribution >= 4 is 22.4 Å². The highest BCUT2D eigenvalue weighted by Gasteiger charge is 2.19. The first-order valence-corrected chi connectivity index (χ1v) is 8.61. The summed E-state index contributed by atoms with van der Waals surface area (Å²) < 4.78 is 10.8. The lowest BCUT2D eigenvalue weighted by Gasteiger charge is -2.20. The molecule has 2 heterocycles. The summed E-state index contributed by atoms with van der Waals surface area (Å²) in [5.74, 6) is 0.950. The van der Waals surface area contributed by atoms with Crippen molar-refractivity contribution < 1.29 is 14.3 Å². The summed E-state index contributed by atoms with van der Waals surface area (Å²) >= 11 is 1.53. The van der Waals surface area contributed by atoms with Gasteiger partial charge in [0.1, 0.15) is 0 Å². The zero-order chi connectivity index (χ0) is 17.1. The predicted molar refractivity (Wildman–Crippen MR) is 94.0 cm³/mol. The van der Waals surface area contributed by atoms with Crippen LogP contribution in [0.15, 0.2) is 18.2 Å². The molecule has 24 heavy (non-hydrogen) atoms. The SMILES string of the molecule is COc1cc(C)ccc1OCC(=O)Nc1nc2c(s1)CN(C)CC2. The number of aryl methyl sites for hydroxylation is 1. The third kappa shape index (κ3) is 3.85. The average Bonchev–Trinajstić information content (AvgIpc) is 2.94. The number of rotatable bonds is 5. The number of nitrogens with one attached hydrogen (secondary N) is 1. The number of nitrogens with zero attached hydrogens (tertiary/aromatic N) is 2. The summed E-state index contributed by atoms with van der Waals surface area (Å²) in [6, 6.07) is 5.60. The molecule has 0 fully saturated rings. The lowest BCUT2D eigenvalue weighted by molar-refractivity contribution is -0.118. The quantitative estimate of drug-likeness (QED) is 0.900. The Morgan fingerprint density at radius 3 is 3.04 bits per heavy atom. The summed E-state index contributed by atoms with van der Waals surface area (Å²) in [7, 11) is 3.67. The Hall–Kier alpha value is -2.12. The molecule has 1 aromatic carbocycles. The van der Waals surface area contributed by atoms with Crippen LogP contribution < -0.4 is 14.8 Å². The molecular formula is C17H21N3O3S. The molecule has 2 aromatic rings.